The van der Waals surface area contributed by atoms with Crippen LogP contribution >= 0.6 is 0 Å². The van der Waals surface area contributed by atoms with Crippen LogP contribution in [0.5, 0.6) is 0 Å². The van der Waals surface area contributed by atoms with Crippen molar-refractivity contribution >= 4 is 15.7 Å². The first kappa shape index (κ1) is 14.5. The normalized spacial score (nSPS) is 10.9. The summed E-state index contributed by atoms with van der Waals surface area (Å²) in [7, 11) is -3.73. The van der Waals surface area contributed by atoms with Crippen LogP contribution < -0.4 is 10.5 Å². The Hall–Kier alpha value is -1.58. The summed E-state index contributed by atoms with van der Waals surface area (Å²) in [6.45, 7) is 4.62. The molecule has 1 aromatic carbocycles. The molecule has 0 spiro atoms. The molecule has 0 aliphatic heterocycles. The first-order chi connectivity index (χ1) is 8.31. The van der Waals surface area contributed by atoms with E-state index in [1.165, 1.54) is 13.8 Å². The summed E-state index contributed by atoms with van der Waals surface area (Å²) < 4.78 is 39.8. The molecule has 0 saturated heterocycles. The number of benzene rings is 1. The van der Waals surface area contributed by atoms with Crippen LogP contribution in [0.25, 0.3) is 0 Å². The van der Waals surface area contributed by atoms with Gasteiger partial charge in [0.2, 0.25) is 10.0 Å². The maximum atomic E-state index is 13.4. The molecule has 6 heteroatoms. The topological polar surface area (TPSA) is 72.2 Å². The second kappa shape index (κ2) is 5.38. The van der Waals surface area contributed by atoms with Crippen molar-refractivity contribution < 1.29 is 12.8 Å². The number of sulfonamides is 1. The fourth-order valence-electron chi connectivity index (χ4n) is 1.64. The predicted octanol–water partition coefficient (Wildman–Crippen LogP) is 1.33. The zero-order valence-corrected chi connectivity index (χ0v) is 11.3. The average molecular weight is 270 g/mol. The molecule has 98 valence electrons. The minimum absolute atomic E-state index is 0.00892. The third-order valence-corrected chi connectivity index (χ3v) is 4.19. The molecule has 0 heterocycles. The molecule has 3 N–H and O–H groups in total. The summed E-state index contributed by atoms with van der Waals surface area (Å²) in [5.74, 6) is 4.56. The lowest BCUT2D eigenvalue weighted by molar-refractivity contribution is 0.583. The van der Waals surface area contributed by atoms with Crippen molar-refractivity contribution in [3.05, 3.63) is 23.0 Å². The summed E-state index contributed by atoms with van der Waals surface area (Å²) in [6.07, 6.45) is 0. The summed E-state index contributed by atoms with van der Waals surface area (Å²) in [5.41, 5.74) is 5.89. The third kappa shape index (κ3) is 2.81. The van der Waals surface area contributed by atoms with E-state index in [0.717, 1.165) is 6.07 Å². The minimum Gasteiger partial charge on any atom is -0.396 e. The monoisotopic (exact) mass is 270 g/mol. The van der Waals surface area contributed by atoms with Crippen molar-refractivity contribution in [2.24, 2.45) is 0 Å². The van der Waals surface area contributed by atoms with Gasteiger partial charge in [-0.2, -0.15) is 4.72 Å². The number of nitrogens with one attached hydrogen (secondary N) is 1. The van der Waals surface area contributed by atoms with Crippen LogP contribution in [0.3, 0.4) is 0 Å². The number of anilines is 1. The van der Waals surface area contributed by atoms with Crippen LogP contribution in [0.15, 0.2) is 11.0 Å². The van der Waals surface area contributed by atoms with E-state index in [9.17, 15) is 12.8 Å². The van der Waals surface area contributed by atoms with Gasteiger partial charge in [0.1, 0.15) is 5.82 Å². The van der Waals surface area contributed by atoms with Gasteiger partial charge >= 0.3 is 0 Å². The molecule has 0 radical (unpaired) electrons. The summed E-state index contributed by atoms with van der Waals surface area (Å²) in [6, 6.07) is 1.11. The number of hydrogen-bond acceptors (Lipinski definition) is 3. The highest BCUT2D eigenvalue weighted by Crippen LogP contribution is 2.27. The molecule has 0 aromatic heterocycles. The molecular weight excluding hydrogens is 255 g/mol. The van der Waals surface area contributed by atoms with Gasteiger partial charge in [0.15, 0.2) is 0 Å². The van der Waals surface area contributed by atoms with E-state index in [1.807, 2.05) is 0 Å². The second-order valence-electron chi connectivity index (χ2n) is 3.79. The Morgan fingerprint density at radius 2 is 2.06 bits per heavy atom. The molecule has 0 amide bonds. The maximum absolute atomic E-state index is 13.4. The molecule has 0 bridgehead atoms. The van der Waals surface area contributed by atoms with Crippen molar-refractivity contribution in [1.82, 2.24) is 4.72 Å². The first-order valence-electron chi connectivity index (χ1n) is 5.25. The van der Waals surface area contributed by atoms with E-state index in [0.29, 0.717) is 5.56 Å². The van der Waals surface area contributed by atoms with Gasteiger partial charge in [-0.05, 0) is 38.0 Å². The van der Waals surface area contributed by atoms with Crippen molar-refractivity contribution in [3.63, 3.8) is 0 Å². The number of rotatable bonds is 3. The minimum atomic E-state index is -3.73. The zero-order valence-electron chi connectivity index (χ0n) is 10.5. The fourth-order valence-corrected chi connectivity index (χ4v) is 3.04. The first-order valence-corrected chi connectivity index (χ1v) is 6.74. The van der Waals surface area contributed by atoms with Gasteiger partial charge in [0, 0.05) is 0 Å². The molecule has 1 aromatic rings. The lowest BCUT2D eigenvalue weighted by atomic mass is 10.1. The van der Waals surface area contributed by atoms with Crippen LogP contribution in [-0.4, -0.2) is 15.0 Å². The molecule has 0 fully saturated rings. The van der Waals surface area contributed by atoms with E-state index in [1.54, 1.807) is 6.92 Å². The highest BCUT2D eigenvalue weighted by Gasteiger charge is 2.22. The summed E-state index contributed by atoms with van der Waals surface area (Å²) in [4.78, 5) is 0.0132. The molecule has 0 saturated carbocycles. The number of nitrogens with two attached hydrogens (primary N) is 1. The fraction of sp³-hybridized carbons (Fsp3) is 0.333. The Balaban J connectivity index is 3.32. The molecule has 0 unspecified atom stereocenters. The molecule has 0 aliphatic carbocycles. The van der Waals surface area contributed by atoms with Crippen LogP contribution in [0.4, 0.5) is 10.1 Å². The van der Waals surface area contributed by atoms with Gasteiger partial charge in [-0.15, -0.1) is 5.92 Å². The molecule has 4 nitrogen and oxygen atoms in total. The van der Waals surface area contributed by atoms with Gasteiger partial charge in [-0.1, -0.05) is 5.92 Å². The average Bonchev–Trinajstić information content (AvgIpc) is 2.25. The Morgan fingerprint density at radius 1 is 1.44 bits per heavy atom. The molecular formula is C12H15FN2O2S. The van der Waals surface area contributed by atoms with Gasteiger partial charge in [0.25, 0.3) is 0 Å². The number of aryl methyl sites for hydroxylation is 1. The van der Waals surface area contributed by atoms with E-state index < -0.39 is 15.8 Å². The molecule has 0 aliphatic rings. The predicted molar refractivity (Wildman–Crippen MR) is 68.9 cm³/mol. The zero-order chi connectivity index (χ0) is 13.9. The number of halogens is 1. The summed E-state index contributed by atoms with van der Waals surface area (Å²) >= 11 is 0. The van der Waals surface area contributed by atoms with Gasteiger partial charge in [-0.25, -0.2) is 12.8 Å². The largest absolute Gasteiger partial charge is 0.396 e. The SMILES string of the molecule is CC#CCNS(=O)(=O)c1c(C)cc(F)c(N)c1C. The van der Waals surface area contributed by atoms with Crippen molar-refractivity contribution in [2.75, 3.05) is 12.3 Å². The van der Waals surface area contributed by atoms with Crippen LogP contribution in [-0.2, 0) is 10.0 Å². The smallest absolute Gasteiger partial charge is 0.242 e. The highest BCUT2D eigenvalue weighted by atomic mass is 32.2. The van der Waals surface area contributed by atoms with Gasteiger partial charge < -0.3 is 5.73 Å². The Labute approximate surface area is 106 Å². The second-order valence-corrected chi connectivity index (χ2v) is 5.50. The Morgan fingerprint density at radius 3 is 2.61 bits per heavy atom. The quantitative estimate of drug-likeness (QED) is 0.643. The Bertz CT molecular complexity index is 628. The summed E-state index contributed by atoms with van der Waals surface area (Å²) in [5, 5.41) is 0. The van der Waals surface area contributed by atoms with E-state index in [4.69, 9.17) is 5.73 Å². The molecule has 1 rings (SSSR count). The Kier molecular flexibility index (Phi) is 4.33. The van der Waals surface area contributed by atoms with E-state index in [2.05, 4.69) is 16.6 Å². The van der Waals surface area contributed by atoms with Crippen molar-refractivity contribution in [3.8, 4) is 11.8 Å². The van der Waals surface area contributed by atoms with Crippen LogP contribution in [0.2, 0.25) is 0 Å². The van der Waals surface area contributed by atoms with Gasteiger partial charge in [0.05, 0.1) is 17.1 Å². The van der Waals surface area contributed by atoms with Crippen molar-refractivity contribution in [2.45, 2.75) is 25.7 Å². The number of nitrogen functional groups attached to an aromatic ring is 1. The maximum Gasteiger partial charge on any atom is 0.242 e. The van der Waals surface area contributed by atoms with Gasteiger partial charge in [-0.3, -0.25) is 0 Å². The highest BCUT2D eigenvalue weighted by molar-refractivity contribution is 7.89. The third-order valence-electron chi connectivity index (χ3n) is 2.50. The molecule has 0 atom stereocenters. The standard InChI is InChI=1S/C12H15FN2O2S/c1-4-5-6-15-18(16,17)12-8(2)7-10(13)11(14)9(12)3/h7,15H,6,14H2,1-3H3. The van der Waals surface area contributed by atoms with E-state index in [-0.39, 0.29) is 22.7 Å². The molecule has 18 heavy (non-hydrogen) atoms. The van der Waals surface area contributed by atoms with Crippen molar-refractivity contribution in [1.29, 1.82) is 0 Å². The number of hydrogen-bond donors (Lipinski definition) is 2. The van der Waals surface area contributed by atoms with E-state index >= 15 is 0 Å². The van der Waals surface area contributed by atoms with Crippen LogP contribution in [0, 0.1) is 31.5 Å². The lowest BCUT2D eigenvalue weighted by Crippen LogP contribution is -2.26. The lowest BCUT2D eigenvalue weighted by Gasteiger charge is -2.13. The van der Waals surface area contributed by atoms with Crippen LogP contribution in [0.1, 0.15) is 18.1 Å².